The van der Waals surface area contributed by atoms with Crippen molar-refractivity contribution >= 4 is 34.5 Å². The van der Waals surface area contributed by atoms with Gasteiger partial charge in [-0.15, -0.1) is 0 Å². The molecular formula is C21H17N3O3S. The third kappa shape index (κ3) is 4.53. The van der Waals surface area contributed by atoms with Gasteiger partial charge >= 0.3 is 5.97 Å². The van der Waals surface area contributed by atoms with E-state index in [0.717, 1.165) is 11.1 Å². The number of carbonyl (C=O) groups is 2. The second-order valence-corrected chi connectivity index (χ2v) is 6.81. The van der Waals surface area contributed by atoms with Crippen molar-refractivity contribution in [3.05, 3.63) is 71.3 Å². The lowest BCUT2D eigenvalue weighted by atomic mass is 9.96. The Balaban J connectivity index is 1.73. The molecule has 1 aliphatic heterocycles. The Morgan fingerprint density at radius 2 is 1.86 bits per heavy atom. The molecule has 0 saturated heterocycles. The number of hydrogen-bond acceptors (Lipinski definition) is 6. The molecule has 0 bridgehead atoms. The smallest absolute Gasteiger partial charge is 0.338 e. The van der Waals surface area contributed by atoms with E-state index in [0.29, 0.717) is 28.8 Å². The van der Waals surface area contributed by atoms with E-state index in [1.807, 2.05) is 48.5 Å². The summed E-state index contributed by atoms with van der Waals surface area (Å²) in [5.74, 6) is -1.33. The summed E-state index contributed by atoms with van der Waals surface area (Å²) in [5.41, 5.74) is 2.59. The van der Waals surface area contributed by atoms with Crippen molar-refractivity contribution in [3.8, 4) is 6.07 Å². The first-order valence-electron chi connectivity index (χ1n) is 8.67. The fourth-order valence-corrected chi connectivity index (χ4v) is 3.39. The molecule has 1 amide bonds. The average Bonchev–Trinajstić information content (AvgIpc) is 2.73. The molecule has 0 N–H and O–H groups in total. The summed E-state index contributed by atoms with van der Waals surface area (Å²) in [5, 5.41) is 9.65. The summed E-state index contributed by atoms with van der Waals surface area (Å²) in [6.45, 7) is 2.09. The molecule has 0 fully saturated rings. The van der Waals surface area contributed by atoms with Crippen molar-refractivity contribution in [1.29, 1.82) is 5.26 Å². The summed E-state index contributed by atoms with van der Waals surface area (Å²) < 4.78 is 4.96. The Labute approximate surface area is 167 Å². The maximum Gasteiger partial charge on any atom is 0.338 e. The molecule has 7 heteroatoms. The first-order chi connectivity index (χ1) is 13.6. The lowest BCUT2D eigenvalue weighted by molar-refractivity contribution is -0.118. The third-order valence-electron chi connectivity index (χ3n) is 3.97. The molecule has 6 nitrogen and oxygen atoms in total. The number of ether oxygens (including phenoxy) is 1. The average molecular weight is 391 g/mol. The Hall–Kier alpha value is -3.24. The van der Waals surface area contributed by atoms with Crippen LogP contribution in [0.15, 0.2) is 64.6 Å². The number of nitriles is 1. The van der Waals surface area contributed by atoms with Gasteiger partial charge in [0.05, 0.1) is 24.0 Å². The molecule has 0 saturated carbocycles. The fourth-order valence-electron chi connectivity index (χ4n) is 2.59. The van der Waals surface area contributed by atoms with Crippen LogP contribution in [0.25, 0.3) is 0 Å². The zero-order valence-corrected chi connectivity index (χ0v) is 16.0. The number of amidine groups is 1. The molecule has 0 radical (unpaired) electrons. The minimum atomic E-state index is -0.990. The van der Waals surface area contributed by atoms with E-state index in [4.69, 9.17) is 4.74 Å². The second-order valence-electron chi connectivity index (χ2n) is 5.86. The standard InChI is InChI=1S/C21H17N3O3S/c1-2-27-20(26)16-10-8-14(9-11-16)13-28-21-23-18(15-6-4-3-5-7-15)17(12-22)19(25)24-21/h3-11,17H,2,13H2,1H3. The number of thioether (sulfide) groups is 1. The highest BCUT2D eigenvalue weighted by molar-refractivity contribution is 8.13. The van der Waals surface area contributed by atoms with Gasteiger partial charge in [-0.3, -0.25) is 4.79 Å². The van der Waals surface area contributed by atoms with Crippen molar-refractivity contribution in [1.82, 2.24) is 0 Å². The molecule has 1 heterocycles. The van der Waals surface area contributed by atoms with Crippen LogP contribution in [0.4, 0.5) is 0 Å². The highest BCUT2D eigenvalue weighted by atomic mass is 32.2. The van der Waals surface area contributed by atoms with Crippen LogP contribution < -0.4 is 0 Å². The molecule has 0 spiro atoms. The first-order valence-corrected chi connectivity index (χ1v) is 9.66. The van der Waals surface area contributed by atoms with Crippen LogP contribution in [0.5, 0.6) is 0 Å². The Morgan fingerprint density at radius 1 is 1.14 bits per heavy atom. The molecule has 2 aromatic carbocycles. The summed E-state index contributed by atoms with van der Waals surface area (Å²) >= 11 is 1.31. The van der Waals surface area contributed by atoms with Gasteiger partial charge in [-0.05, 0) is 30.2 Å². The van der Waals surface area contributed by atoms with Crippen LogP contribution in [0.2, 0.25) is 0 Å². The van der Waals surface area contributed by atoms with Crippen LogP contribution in [0, 0.1) is 17.2 Å². The highest BCUT2D eigenvalue weighted by Crippen LogP contribution is 2.23. The Bertz CT molecular complexity index is 976. The predicted molar refractivity (Wildman–Crippen MR) is 108 cm³/mol. The summed E-state index contributed by atoms with van der Waals surface area (Å²) in [6.07, 6.45) is 0. The molecule has 140 valence electrons. The number of carbonyl (C=O) groups excluding carboxylic acids is 2. The number of nitrogens with zero attached hydrogens (tertiary/aromatic N) is 3. The normalized spacial score (nSPS) is 16.0. The number of benzene rings is 2. The van der Waals surface area contributed by atoms with Gasteiger partial charge in [-0.1, -0.05) is 54.2 Å². The van der Waals surface area contributed by atoms with Gasteiger partial charge in [0.25, 0.3) is 5.91 Å². The molecule has 1 aliphatic rings. The van der Waals surface area contributed by atoms with E-state index in [-0.39, 0.29) is 5.97 Å². The van der Waals surface area contributed by atoms with Crippen molar-refractivity contribution in [3.63, 3.8) is 0 Å². The van der Waals surface area contributed by atoms with Gasteiger partial charge in [0.1, 0.15) is 0 Å². The number of amides is 1. The third-order valence-corrected chi connectivity index (χ3v) is 4.89. The lowest BCUT2D eigenvalue weighted by Gasteiger charge is -2.15. The summed E-state index contributed by atoms with van der Waals surface area (Å²) in [4.78, 5) is 32.4. The predicted octanol–water partition coefficient (Wildman–Crippen LogP) is 3.62. The van der Waals surface area contributed by atoms with E-state index in [9.17, 15) is 14.9 Å². The first kappa shape index (κ1) is 19.5. The van der Waals surface area contributed by atoms with Crippen LogP contribution in [0.3, 0.4) is 0 Å². The minimum Gasteiger partial charge on any atom is -0.462 e. The highest BCUT2D eigenvalue weighted by Gasteiger charge is 2.29. The van der Waals surface area contributed by atoms with E-state index >= 15 is 0 Å². The number of aliphatic imine (C=N–C) groups is 2. The van der Waals surface area contributed by atoms with Gasteiger partial charge in [0, 0.05) is 5.75 Å². The quantitative estimate of drug-likeness (QED) is 0.726. The van der Waals surface area contributed by atoms with Crippen molar-refractivity contribution in [2.24, 2.45) is 15.9 Å². The van der Waals surface area contributed by atoms with E-state index in [1.54, 1.807) is 19.1 Å². The van der Waals surface area contributed by atoms with Gasteiger partial charge in [-0.2, -0.15) is 10.3 Å². The van der Waals surface area contributed by atoms with E-state index in [1.165, 1.54) is 11.8 Å². The number of hydrogen-bond donors (Lipinski definition) is 0. The SMILES string of the molecule is CCOC(=O)c1ccc(CSC2=NC(=O)C(C#N)C(c3ccccc3)=N2)cc1. The molecule has 3 rings (SSSR count). The summed E-state index contributed by atoms with van der Waals surface area (Å²) in [7, 11) is 0. The van der Waals surface area contributed by atoms with Crippen LogP contribution in [0.1, 0.15) is 28.4 Å². The minimum absolute atomic E-state index is 0.324. The van der Waals surface area contributed by atoms with Crippen molar-refractivity contribution in [2.45, 2.75) is 12.7 Å². The van der Waals surface area contributed by atoms with E-state index in [2.05, 4.69) is 9.98 Å². The maximum absolute atomic E-state index is 12.3. The van der Waals surface area contributed by atoms with Crippen LogP contribution in [-0.2, 0) is 15.3 Å². The van der Waals surface area contributed by atoms with Gasteiger partial charge in [-0.25, -0.2) is 9.79 Å². The largest absolute Gasteiger partial charge is 0.462 e. The number of rotatable bonds is 5. The fraction of sp³-hybridized carbons (Fsp3) is 0.190. The Kier molecular flexibility index (Phi) is 6.35. The molecule has 2 aromatic rings. The molecule has 0 aromatic heterocycles. The van der Waals surface area contributed by atoms with Gasteiger partial charge in [0.15, 0.2) is 11.1 Å². The molecular weight excluding hydrogens is 374 g/mol. The molecule has 1 atom stereocenters. The molecule has 28 heavy (non-hydrogen) atoms. The summed E-state index contributed by atoms with van der Waals surface area (Å²) in [6, 6.07) is 18.2. The molecule has 1 unspecified atom stereocenters. The zero-order chi connectivity index (χ0) is 19.9. The zero-order valence-electron chi connectivity index (χ0n) is 15.2. The van der Waals surface area contributed by atoms with Crippen molar-refractivity contribution < 1.29 is 14.3 Å². The van der Waals surface area contributed by atoms with E-state index < -0.39 is 11.8 Å². The van der Waals surface area contributed by atoms with Gasteiger partial charge < -0.3 is 4.74 Å². The lowest BCUT2D eigenvalue weighted by Crippen LogP contribution is -2.27. The van der Waals surface area contributed by atoms with Gasteiger partial charge in [0.2, 0.25) is 0 Å². The monoisotopic (exact) mass is 391 g/mol. The number of esters is 1. The van der Waals surface area contributed by atoms with Crippen LogP contribution >= 0.6 is 11.8 Å². The topological polar surface area (TPSA) is 91.9 Å². The van der Waals surface area contributed by atoms with Crippen LogP contribution in [-0.4, -0.2) is 29.4 Å². The Morgan fingerprint density at radius 3 is 2.50 bits per heavy atom. The molecule has 0 aliphatic carbocycles. The maximum atomic E-state index is 12.3. The second kappa shape index (κ2) is 9.11. The van der Waals surface area contributed by atoms with Crippen molar-refractivity contribution in [2.75, 3.05) is 6.61 Å².